The summed E-state index contributed by atoms with van der Waals surface area (Å²) in [6.45, 7) is 6.72. The van der Waals surface area contributed by atoms with Crippen LogP contribution in [0.4, 0.5) is 0 Å². The van der Waals surface area contributed by atoms with Crippen LogP contribution in [-0.4, -0.2) is 28.1 Å². The van der Waals surface area contributed by atoms with E-state index in [1.54, 1.807) is 0 Å². The van der Waals surface area contributed by atoms with Gasteiger partial charge in [-0.1, -0.05) is 42.5 Å². The monoisotopic (exact) mass is 442 g/mol. The van der Waals surface area contributed by atoms with Gasteiger partial charge in [0.25, 0.3) is 0 Å². The van der Waals surface area contributed by atoms with E-state index in [1.807, 2.05) is 0 Å². The van der Waals surface area contributed by atoms with Crippen LogP contribution in [0.5, 0.6) is 0 Å². The molecule has 5 aromatic carbocycles. The summed E-state index contributed by atoms with van der Waals surface area (Å²) in [4.78, 5) is 0. The predicted octanol–water partition coefficient (Wildman–Crippen LogP) is 4.88. The van der Waals surface area contributed by atoms with Gasteiger partial charge in [-0.25, -0.2) is 0 Å². The summed E-state index contributed by atoms with van der Waals surface area (Å²) < 4.78 is 12.5. The smallest absolute Gasteiger partial charge is 0.335 e. The average molecular weight is 443 g/mol. The van der Waals surface area contributed by atoms with Crippen LogP contribution in [0.25, 0.3) is 43.1 Å². The summed E-state index contributed by atoms with van der Waals surface area (Å²) >= 11 is 0. The molecule has 2 nitrogen and oxygen atoms in total. The molecular weight excluding hydrogens is 417 g/mol. The first-order valence-corrected chi connectivity index (χ1v) is 16.2. The average Bonchev–Trinajstić information content (AvgIpc) is 2.72. The van der Waals surface area contributed by atoms with E-state index in [9.17, 15) is 0 Å². The molecule has 5 aromatic rings. The van der Waals surface area contributed by atoms with Gasteiger partial charge in [-0.3, -0.25) is 0 Å². The lowest BCUT2D eigenvalue weighted by Gasteiger charge is -2.25. The highest BCUT2D eigenvalue weighted by molar-refractivity contribution is 6.81. The summed E-state index contributed by atoms with van der Waals surface area (Å²) in [7, 11) is -2.86. The highest BCUT2D eigenvalue weighted by atomic mass is 28.4. The van der Waals surface area contributed by atoms with Crippen molar-refractivity contribution >= 4 is 76.4 Å². The molecule has 0 fully saturated rings. The third-order valence-electron chi connectivity index (χ3n) is 5.62. The second-order valence-electron chi connectivity index (χ2n) is 8.96. The van der Waals surface area contributed by atoms with Gasteiger partial charge in [0, 0.05) is 0 Å². The maximum Gasteiger partial charge on any atom is 0.335 e. The summed E-state index contributed by atoms with van der Waals surface area (Å²) in [5, 5.41) is 11.5. The lowest BCUT2D eigenvalue weighted by Crippen LogP contribution is -2.44. The quantitative estimate of drug-likeness (QED) is 0.292. The number of fused-ring (bicyclic) bond motifs is 4. The first-order valence-electron chi connectivity index (χ1n) is 10.4. The third kappa shape index (κ3) is 3.64. The van der Waals surface area contributed by atoms with Crippen LogP contribution in [-0.2, 0) is 8.23 Å². The molecule has 0 amide bonds. The molecule has 0 spiro atoms. The molecule has 150 valence electrons. The zero-order valence-electron chi connectivity index (χ0n) is 17.9. The van der Waals surface area contributed by atoms with Gasteiger partial charge in [0.05, 0.1) is 0 Å². The Kier molecular flexibility index (Phi) is 4.88. The standard InChI is InChI=1S/C25H26O2Si3/c1-30(2,3)27-29(26-28)25-10-6-9-19-13-22-14-20-11-17-7-4-5-8-18(17)12-21(20)15-23(22)16-24(19)25/h4-16,29H,1-3,28H3. The van der Waals surface area contributed by atoms with Gasteiger partial charge in [0.1, 0.15) is 10.5 Å². The lowest BCUT2D eigenvalue weighted by molar-refractivity contribution is 0.461. The van der Waals surface area contributed by atoms with Gasteiger partial charge >= 0.3 is 9.28 Å². The van der Waals surface area contributed by atoms with Crippen LogP contribution in [0, 0.1) is 0 Å². The molecule has 0 bridgehead atoms. The zero-order valence-corrected chi connectivity index (χ0v) is 22.1. The fourth-order valence-corrected chi connectivity index (χ4v) is 10.4. The van der Waals surface area contributed by atoms with Crippen molar-refractivity contribution < 1.29 is 8.23 Å². The van der Waals surface area contributed by atoms with E-state index in [0.717, 1.165) is 0 Å². The van der Waals surface area contributed by atoms with Gasteiger partial charge < -0.3 is 8.23 Å². The molecule has 0 N–H and O–H groups in total. The number of rotatable bonds is 4. The van der Waals surface area contributed by atoms with Crippen molar-refractivity contribution in [2.75, 3.05) is 0 Å². The van der Waals surface area contributed by atoms with Crippen molar-refractivity contribution in [3.8, 4) is 0 Å². The molecule has 0 aliphatic rings. The van der Waals surface area contributed by atoms with E-state index in [0.29, 0.717) is 10.5 Å². The summed E-state index contributed by atoms with van der Waals surface area (Å²) in [6.07, 6.45) is 0. The molecule has 1 unspecified atom stereocenters. The number of benzene rings is 5. The second kappa shape index (κ2) is 7.44. The highest BCUT2D eigenvalue weighted by Gasteiger charge is 2.25. The first-order chi connectivity index (χ1) is 14.4. The fourth-order valence-electron chi connectivity index (χ4n) is 4.26. The van der Waals surface area contributed by atoms with Crippen molar-refractivity contribution in [1.82, 2.24) is 0 Å². The maximum atomic E-state index is 6.50. The molecule has 0 aromatic heterocycles. The summed E-state index contributed by atoms with van der Waals surface area (Å²) in [6, 6.07) is 29.0. The van der Waals surface area contributed by atoms with Crippen LogP contribution in [0.15, 0.2) is 78.9 Å². The topological polar surface area (TPSA) is 18.5 Å². The minimum atomic E-state index is -1.89. The van der Waals surface area contributed by atoms with Gasteiger partial charge in [-0.2, -0.15) is 0 Å². The van der Waals surface area contributed by atoms with E-state index in [2.05, 4.69) is 98.5 Å². The Morgan fingerprint density at radius 1 is 0.633 bits per heavy atom. The van der Waals surface area contributed by atoms with Crippen molar-refractivity contribution in [3.05, 3.63) is 78.9 Å². The third-order valence-corrected chi connectivity index (χ3v) is 12.0. The van der Waals surface area contributed by atoms with E-state index in [4.69, 9.17) is 8.23 Å². The van der Waals surface area contributed by atoms with Crippen LogP contribution in [0.3, 0.4) is 0 Å². The Hall–Kier alpha value is -2.29. The van der Waals surface area contributed by atoms with Crippen molar-refractivity contribution in [1.29, 1.82) is 0 Å². The van der Waals surface area contributed by atoms with Gasteiger partial charge in [-0.15, -0.1) is 0 Å². The van der Waals surface area contributed by atoms with Crippen molar-refractivity contribution in [2.45, 2.75) is 19.6 Å². The molecule has 30 heavy (non-hydrogen) atoms. The van der Waals surface area contributed by atoms with Crippen molar-refractivity contribution in [2.24, 2.45) is 0 Å². The Labute approximate surface area is 183 Å². The highest BCUT2D eigenvalue weighted by Crippen LogP contribution is 2.30. The largest absolute Gasteiger partial charge is 0.444 e. The maximum absolute atomic E-state index is 6.50. The molecule has 0 radical (unpaired) electrons. The first kappa shape index (κ1) is 19.7. The Bertz CT molecular complexity index is 1410. The summed E-state index contributed by atoms with van der Waals surface area (Å²) in [5.41, 5.74) is 0. The van der Waals surface area contributed by atoms with Crippen molar-refractivity contribution in [3.63, 3.8) is 0 Å². The van der Waals surface area contributed by atoms with Gasteiger partial charge in [-0.05, 0) is 104 Å². The molecular formula is C25H26O2Si3. The van der Waals surface area contributed by atoms with Gasteiger partial charge in [0.15, 0.2) is 8.32 Å². The molecule has 0 saturated carbocycles. The Balaban J connectivity index is 1.74. The van der Waals surface area contributed by atoms with Gasteiger partial charge in [0.2, 0.25) is 0 Å². The van der Waals surface area contributed by atoms with Crippen LogP contribution in [0.1, 0.15) is 0 Å². The van der Waals surface area contributed by atoms with E-state index >= 15 is 0 Å². The van der Waals surface area contributed by atoms with E-state index < -0.39 is 17.6 Å². The van der Waals surface area contributed by atoms with Crippen LogP contribution < -0.4 is 5.19 Å². The minimum Gasteiger partial charge on any atom is -0.444 e. The second-order valence-corrected chi connectivity index (χ2v) is 17.3. The molecule has 0 aliphatic heterocycles. The van der Waals surface area contributed by atoms with E-state index in [-0.39, 0.29) is 0 Å². The Morgan fingerprint density at radius 2 is 1.13 bits per heavy atom. The Morgan fingerprint density at radius 3 is 1.70 bits per heavy atom. The van der Waals surface area contributed by atoms with Crippen LogP contribution >= 0.6 is 0 Å². The zero-order chi connectivity index (χ0) is 20.9. The normalized spacial score (nSPS) is 13.6. The molecule has 5 heteroatoms. The molecule has 0 aliphatic carbocycles. The fraction of sp³-hybridized carbons (Fsp3) is 0.120. The SMILES string of the molecule is C[Si](C)(C)O[SiH](O[SiH3])c1cccc2cc3cc4cc5ccccc5cc4cc3cc12. The minimum absolute atomic E-state index is 0.700. The number of hydrogen-bond donors (Lipinski definition) is 0. The number of hydrogen-bond acceptors (Lipinski definition) is 2. The summed E-state index contributed by atoms with van der Waals surface area (Å²) in [5.74, 6) is 0. The predicted molar refractivity (Wildman–Crippen MR) is 139 cm³/mol. The lowest BCUT2D eigenvalue weighted by atomic mass is 9.97. The molecule has 1 atom stereocenters. The van der Waals surface area contributed by atoms with Crippen LogP contribution in [0.2, 0.25) is 19.6 Å². The molecule has 0 saturated heterocycles. The van der Waals surface area contributed by atoms with E-state index in [1.165, 1.54) is 48.3 Å². The molecule has 0 heterocycles. The molecule has 5 rings (SSSR count).